The van der Waals surface area contributed by atoms with E-state index in [0.29, 0.717) is 0 Å². The maximum absolute atomic E-state index is 11.2. The van der Waals surface area contributed by atoms with Crippen LogP contribution in [-0.4, -0.2) is 103 Å². The lowest BCUT2D eigenvalue weighted by Gasteiger charge is -2.43. The Bertz CT molecular complexity index is 470. The van der Waals surface area contributed by atoms with Crippen molar-refractivity contribution in [3.05, 3.63) is 0 Å². The molecule has 1 rings (SSSR count). The molecular weight excluding hydrogens is 380 g/mol. The van der Waals surface area contributed by atoms with Crippen LogP contribution in [0, 0.1) is 0 Å². The molecule has 1 aliphatic heterocycles. The number of carbonyl (C=O) groups is 2. The molecule has 0 aromatic rings. The van der Waals surface area contributed by atoms with E-state index < -0.39 is 66.4 Å². The summed E-state index contributed by atoms with van der Waals surface area (Å²) in [6, 6.07) is -2.71. The number of hydrogen-bond donors (Lipinski definition) is 8. The molecule has 0 spiro atoms. The van der Waals surface area contributed by atoms with Crippen LogP contribution in [0.1, 0.15) is 0 Å². The first kappa shape index (κ1) is 22.4. The number of nitrogens with two attached hydrogens (primary N) is 2. The summed E-state index contributed by atoms with van der Waals surface area (Å²) in [7, 11) is 1.76. The van der Waals surface area contributed by atoms with Gasteiger partial charge >= 0.3 is 11.9 Å². The van der Waals surface area contributed by atoms with Crippen LogP contribution in [0.2, 0.25) is 0 Å². The fourth-order valence-corrected chi connectivity index (χ4v) is 5.05. The molecule has 25 heavy (non-hydrogen) atoms. The average Bonchev–Trinajstić information content (AvgIpc) is 2.56. The van der Waals surface area contributed by atoms with E-state index in [1.165, 1.54) is 0 Å². The van der Waals surface area contributed by atoms with Crippen molar-refractivity contribution < 1.29 is 45.0 Å². The Hall–Kier alpha value is -0.640. The van der Waals surface area contributed by atoms with Gasteiger partial charge in [0.1, 0.15) is 42.6 Å². The normalized spacial score (nSPS) is 33.4. The highest BCUT2D eigenvalue weighted by Crippen LogP contribution is 2.36. The van der Waals surface area contributed by atoms with Gasteiger partial charge in [0.2, 0.25) is 0 Å². The lowest BCUT2D eigenvalue weighted by Crippen LogP contribution is -2.63. The van der Waals surface area contributed by atoms with E-state index in [0.717, 1.165) is 21.6 Å². The molecule has 10 N–H and O–H groups in total. The third-order valence-corrected chi connectivity index (χ3v) is 6.53. The Labute approximate surface area is 150 Å². The van der Waals surface area contributed by atoms with Gasteiger partial charge in [-0.05, 0) is 0 Å². The maximum atomic E-state index is 11.2. The predicted octanol–water partition coefficient (Wildman–Crippen LogP) is -3.60. The molecule has 11 nitrogen and oxygen atoms in total. The van der Waals surface area contributed by atoms with Gasteiger partial charge in [-0.2, -0.15) is 0 Å². The summed E-state index contributed by atoms with van der Waals surface area (Å²) in [6.07, 6.45) is -7.45. The molecule has 13 heteroatoms. The molecule has 0 bridgehead atoms. The highest BCUT2D eigenvalue weighted by Gasteiger charge is 2.49. The van der Waals surface area contributed by atoms with Crippen LogP contribution < -0.4 is 11.5 Å². The Morgan fingerprint density at radius 1 is 1.04 bits per heavy atom. The van der Waals surface area contributed by atoms with Crippen LogP contribution >= 0.6 is 21.6 Å². The van der Waals surface area contributed by atoms with Crippen molar-refractivity contribution >= 4 is 33.5 Å². The molecule has 1 saturated heterocycles. The fourth-order valence-electron chi connectivity index (χ4n) is 2.12. The van der Waals surface area contributed by atoms with Crippen molar-refractivity contribution in [1.29, 1.82) is 0 Å². The minimum Gasteiger partial charge on any atom is -0.480 e. The standard InChI is InChI=1S/C12H22N2O9S2/c13-3(11(19)20)2-24-25-10(5(14)12(21)22)9-8(18)7(17)6(16)4(1-15)23-9/h3-10,15-18H,1-2,13-14H2,(H,19,20)(H,21,22)/t3-,4+,5-,6+,7-,8+,9?,10?/m0/s1. The number of aliphatic hydroxyl groups excluding tert-OH is 4. The van der Waals surface area contributed by atoms with Crippen molar-refractivity contribution in [2.75, 3.05) is 12.4 Å². The molecule has 1 fully saturated rings. The van der Waals surface area contributed by atoms with Crippen molar-refractivity contribution in [1.82, 2.24) is 0 Å². The quantitative estimate of drug-likeness (QED) is 0.175. The van der Waals surface area contributed by atoms with Gasteiger partial charge < -0.3 is 46.8 Å². The Morgan fingerprint density at radius 2 is 1.64 bits per heavy atom. The lowest BCUT2D eigenvalue weighted by molar-refractivity contribution is -0.229. The van der Waals surface area contributed by atoms with E-state index in [2.05, 4.69) is 0 Å². The van der Waals surface area contributed by atoms with Gasteiger partial charge in [-0.3, -0.25) is 9.59 Å². The van der Waals surface area contributed by atoms with E-state index in [4.69, 9.17) is 26.4 Å². The summed E-state index contributed by atoms with van der Waals surface area (Å²) in [5, 5.41) is 55.7. The number of aliphatic carboxylic acids is 2. The molecule has 1 heterocycles. The molecule has 0 aliphatic carbocycles. The monoisotopic (exact) mass is 402 g/mol. The second-order valence-corrected chi connectivity index (χ2v) is 8.04. The third-order valence-electron chi connectivity index (χ3n) is 3.64. The summed E-state index contributed by atoms with van der Waals surface area (Å²) in [5.41, 5.74) is 11.0. The third kappa shape index (κ3) is 5.67. The Morgan fingerprint density at radius 3 is 2.12 bits per heavy atom. The van der Waals surface area contributed by atoms with Gasteiger partial charge in [0, 0.05) is 5.75 Å². The summed E-state index contributed by atoms with van der Waals surface area (Å²) >= 11 is 0. The number of ether oxygens (including phenoxy) is 1. The van der Waals surface area contributed by atoms with Gasteiger partial charge in [0.25, 0.3) is 0 Å². The first-order chi connectivity index (χ1) is 11.6. The number of aliphatic hydroxyl groups is 4. The summed E-state index contributed by atoms with van der Waals surface area (Å²) in [5.74, 6) is -2.71. The average molecular weight is 402 g/mol. The van der Waals surface area contributed by atoms with E-state index in [1.807, 2.05) is 0 Å². The predicted molar refractivity (Wildman–Crippen MR) is 88.8 cm³/mol. The van der Waals surface area contributed by atoms with Crippen molar-refractivity contribution in [2.45, 2.75) is 47.9 Å². The van der Waals surface area contributed by atoms with Crippen LogP contribution in [0.3, 0.4) is 0 Å². The van der Waals surface area contributed by atoms with E-state index in [9.17, 15) is 30.0 Å². The van der Waals surface area contributed by atoms with Crippen LogP contribution in [0.25, 0.3) is 0 Å². The highest BCUT2D eigenvalue weighted by atomic mass is 33.1. The maximum Gasteiger partial charge on any atom is 0.321 e. The summed E-state index contributed by atoms with van der Waals surface area (Å²) < 4.78 is 5.33. The number of rotatable bonds is 9. The minimum absolute atomic E-state index is 0.0692. The molecule has 8 atom stereocenters. The lowest BCUT2D eigenvalue weighted by atomic mass is 9.91. The van der Waals surface area contributed by atoms with E-state index in [-0.39, 0.29) is 5.75 Å². The largest absolute Gasteiger partial charge is 0.480 e. The molecule has 0 saturated carbocycles. The second kappa shape index (κ2) is 9.89. The zero-order chi connectivity index (χ0) is 19.3. The van der Waals surface area contributed by atoms with Gasteiger partial charge in [0.15, 0.2) is 0 Å². The molecule has 0 radical (unpaired) electrons. The molecule has 0 amide bonds. The molecule has 146 valence electrons. The second-order valence-electron chi connectivity index (χ2n) is 5.45. The summed E-state index contributed by atoms with van der Waals surface area (Å²) in [4.78, 5) is 21.9. The summed E-state index contributed by atoms with van der Waals surface area (Å²) in [6.45, 7) is -0.668. The minimum atomic E-state index is -1.67. The Balaban J connectivity index is 2.90. The fraction of sp³-hybridized carbons (Fsp3) is 0.833. The molecule has 1 aliphatic rings. The first-order valence-corrected chi connectivity index (χ1v) is 9.55. The molecule has 0 aromatic heterocycles. The zero-order valence-corrected chi connectivity index (χ0v) is 14.5. The van der Waals surface area contributed by atoms with Gasteiger partial charge in [0.05, 0.1) is 11.9 Å². The van der Waals surface area contributed by atoms with Gasteiger partial charge in [-0.15, -0.1) is 0 Å². The zero-order valence-electron chi connectivity index (χ0n) is 12.9. The Kier molecular flexibility index (Phi) is 8.86. The number of carboxylic acid groups (broad SMARTS) is 2. The number of hydrogen-bond acceptors (Lipinski definition) is 11. The molecule has 0 aromatic carbocycles. The van der Waals surface area contributed by atoms with Crippen molar-refractivity contribution in [3.8, 4) is 0 Å². The van der Waals surface area contributed by atoms with Crippen LogP contribution in [0.4, 0.5) is 0 Å². The van der Waals surface area contributed by atoms with Gasteiger partial charge in [-0.1, -0.05) is 21.6 Å². The van der Waals surface area contributed by atoms with Crippen molar-refractivity contribution in [2.24, 2.45) is 11.5 Å². The van der Waals surface area contributed by atoms with Crippen LogP contribution in [0.15, 0.2) is 0 Å². The molecular formula is C12H22N2O9S2. The molecule has 2 unspecified atom stereocenters. The van der Waals surface area contributed by atoms with Crippen LogP contribution in [-0.2, 0) is 14.3 Å². The van der Waals surface area contributed by atoms with E-state index >= 15 is 0 Å². The van der Waals surface area contributed by atoms with Crippen molar-refractivity contribution in [3.63, 3.8) is 0 Å². The van der Waals surface area contributed by atoms with Crippen LogP contribution in [0.5, 0.6) is 0 Å². The number of carboxylic acids is 2. The smallest absolute Gasteiger partial charge is 0.321 e. The SMILES string of the molecule is N[C@H](C(=O)O)C(SSC[C@H](N)C(=O)O)C1O[C@H](CO)[C@@H](O)[C@H](O)[C@H]1O. The topological polar surface area (TPSA) is 217 Å². The first-order valence-electron chi connectivity index (χ1n) is 7.17. The van der Waals surface area contributed by atoms with E-state index in [1.54, 1.807) is 0 Å². The highest BCUT2D eigenvalue weighted by molar-refractivity contribution is 8.77. The van der Waals surface area contributed by atoms with Gasteiger partial charge in [-0.25, -0.2) is 0 Å².